The molecule has 0 fully saturated rings. The zero-order valence-corrected chi connectivity index (χ0v) is 16.8. The van der Waals surface area contributed by atoms with Gasteiger partial charge in [0.25, 0.3) is 5.91 Å². The van der Waals surface area contributed by atoms with Gasteiger partial charge in [0, 0.05) is 22.0 Å². The Morgan fingerprint density at radius 2 is 2.00 bits per heavy atom. The summed E-state index contributed by atoms with van der Waals surface area (Å²) in [6, 6.07) is 15.5. The monoisotopic (exact) mass is 461 g/mol. The topological polar surface area (TPSA) is 74.1 Å². The maximum atomic E-state index is 12.2. The summed E-state index contributed by atoms with van der Waals surface area (Å²) in [4.78, 5) is 12.2. The molecular formula is C20H20IN3O2. The van der Waals surface area contributed by atoms with E-state index in [2.05, 4.69) is 33.2 Å². The standard InChI is InChI=1S/C20H20IN3O2/c1-14-11-17(21)5-8-19(14)24-13-16(12-22)20(25)23-10-9-15-3-6-18(26-2)7-4-15/h3-8,11,13,24H,9-10H2,1-2H3,(H,23,25)/b16-13-. The molecule has 5 nitrogen and oxygen atoms in total. The van der Waals surface area contributed by atoms with Gasteiger partial charge in [0.05, 0.1) is 7.11 Å². The molecule has 6 heteroatoms. The number of carbonyl (C=O) groups is 1. The van der Waals surface area contributed by atoms with Gasteiger partial charge in [0.15, 0.2) is 0 Å². The van der Waals surface area contributed by atoms with Crippen LogP contribution in [-0.2, 0) is 11.2 Å². The molecule has 2 aromatic carbocycles. The summed E-state index contributed by atoms with van der Waals surface area (Å²) < 4.78 is 6.25. The number of hydrogen-bond acceptors (Lipinski definition) is 4. The molecular weight excluding hydrogens is 441 g/mol. The second-order valence-corrected chi connectivity index (χ2v) is 6.87. The number of hydrogen-bond donors (Lipinski definition) is 2. The molecule has 0 bridgehead atoms. The van der Waals surface area contributed by atoms with E-state index in [0.29, 0.717) is 13.0 Å². The molecule has 2 N–H and O–H groups in total. The van der Waals surface area contributed by atoms with Gasteiger partial charge in [0.2, 0.25) is 0 Å². The van der Waals surface area contributed by atoms with Crippen molar-refractivity contribution in [2.45, 2.75) is 13.3 Å². The number of nitrogens with zero attached hydrogens (tertiary/aromatic N) is 1. The average molecular weight is 461 g/mol. The Hall–Kier alpha value is -2.53. The van der Waals surface area contributed by atoms with E-state index >= 15 is 0 Å². The van der Waals surface area contributed by atoms with Crippen LogP contribution in [0.2, 0.25) is 0 Å². The van der Waals surface area contributed by atoms with E-state index < -0.39 is 5.91 Å². The van der Waals surface area contributed by atoms with E-state index in [1.807, 2.05) is 55.5 Å². The van der Waals surface area contributed by atoms with Gasteiger partial charge >= 0.3 is 0 Å². The number of nitriles is 1. The van der Waals surface area contributed by atoms with Crippen LogP contribution in [0.4, 0.5) is 5.69 Å². The SMILES string of the molecule is COc1ccc(CCNC(=O)/C(C#N)=C\Nc2ccc(I)cc2C)cc1. The number of aryl methyl sites for hydroxylation is 1. The molecule has 0 saturated heterocycles. The lowest BCUT2D eigenvalue weighted by atomic mass is 10.1. The summed E-state index contributed by atoms with van der Waals surface area (Å²) in [6.07, 6.45) is 2.12. The quantitative estimate of drug-likeness (QED) is 0.374. The predicted molar refractivity (Wildman–Crippen MR) is 111 cm³/mol. The van der Waals surface area contributed by atoms with Gasteiger partial charge in [-0.1, -0.05) is 12.1 Å². The van der Waals surface area contributed by atoms with Crippen LogP contribution >= 0.6 is 22.6 Å². The molecule has 0 atom stereocenters. The van der Waals surface area contributed by atoms with Gasteiger partial charge in [-0.25, -0.2) is 0 Å². The molecule has 0 radical (unpaired) electrons. The normalized spacial score (nSPS) is 10.8. The number of amides is 1. The highest BCUT2D eigenvalue weighted by Crippen LogP contribution is 2.18. The Kier molecular flexibility index (Phi) is 7.48. The molecule has 134 valence electrons. The van der Waals surface area contributed by atoms with Crippen LogP contribution in [0.1, 0.15) is 11.1 Å². The number of carbonyl (C=O) groups excluding carboxylic acids is 1. The molecule has 0 spiro atoms. The third-order valence-corrected chi connectivity index (χ3v) is 4.45. The summed E-state index contributed by atoms with van der Waals surface area (Å²) >= 11 is 2.24. The average Bonchev–Trinajstić information content (AvgIpc) is 2.64. The second-order valence-electron chi connectivity index (χ2n) is 5.63. The Morgan fingerprint density at radius 1 is 1.27 bits per heavy atom. The second kappa shape index (κ2) is 9.82. The molecule has 1 amide bonds. The van der Waals surface area contributed by atoms with E-state index in [9.17, 15) is 10.1 Å². The van der Waals surface area contributed by atoms with Crippen molar-refractivity contribution in [3.8, 4) is 11.8 Å². The highest BCUT2D eigenvalue weighted by atomic mass is 127. The van der Waals surface area contributed by atoms with Gasteiger partial charge < -0.3 is 15.4 Å². The van der Waals surface area contributed by atoms with Crippen LogP contribution in [-0.4, -0.2) is 19.6 Å². The van der Waals surface area contributed by atoms with Crippen molar-refractivity contribution in [2.24, 2.45) is 0 Å². The lowest BCUT2D eigenvalue weighted by molar-refractivity contribution is -0.117. The van der Waals surface area contributed by atoms with Gasteiger partial charge in [-0.05, 0) is 77.4 Å². The first-order chi connectivity index (χ1) is 12.5. The zero-order valence-electron chi connectivity index (χ0n) is 14.7. The summed E-state index contributed by atoms with van der Waals surface area (Å²) in [7, 11) is 1.62. The Labute approximate surface area is 167 Å². The molecule has 0 saturated carbocycles. The third-order valence-electron chi connectivity index (χ3n) is 3.78. The molecule has 26 heavy (non-hydrogen) atoms. The first-order valence-electron chi connectivity index (χ1n) is 8.07. The highest BCUT2D eigenvalue weighted by Gasteiger charge is 2.08. The predicted octanol–water partition coefficient (Wildman–Crippen LogP) is 3.79. The van der Waals surface area contributed by atoms with Gasteiger partial charge in [-0.15, -0.1) is 0 Å². The summed E-state index contributed by atoms with van der Waals surface area (Å²) in [5, 5.41) is 15.0. The molecule has 0 aromatic heterocycles. The van der Waals surface area contributed by atoms with Crippen LogP contribution in [0.3, 0.4) is 0 Å². The maximum absolute atomic E-state index is 12.2. The van der Waals surface area contributed by atoms with E-state index in [0.717, 1.165) is 26.1 Å². The number of anilines is 1. The van der Waals surface area contributed by atoms with Crippen molar-refractivity contribution in [1.82, 2.24) is 5.32 Å². The summed E-state index contributed by atoms with van der Waals surface area (Å²) in [6.45, 7) is 2.42. The van der Waals surface area contributed by atoms with Crippen molar-refractivity contribution < 1.29 is 9.53 Å². The lowest BCUT2D eigenvalue weighted by Gasteiger charge is -2.08. The Morgan fingerprint density at radius 3 is 2.62 bits per heavy atom. The fourth-order valence-corrected chi connectivity index (χ4v) is 2.94. The fourth-order valence-electron chi connectivity index (χ4n) is 2.30. The molecule has 0 aliphatic rings. The van der Waals surface area contributed by atoms with Gasteiger partial charge in [-0.2, -0.15) is 5.26 Å². The number of ether oxygens (including phenoxy) is 1. The van der Waals surface area contributed by atoms with Crippen LogP contribution < -0.4 is 15.4 Å². The van der Waals surface area contributed by atoms with E-state index in [-0.39, 0.29) is 5.57 Å². The first-order valence-corrected chi connectivity index (χ1v) is 9.15. The van der Waals surface area contributed by atoms with Crippen LogP contribution in [0.5, 0.6) is 5.75 Å². The van der Waals surface area contributed by atoms with Crippen molar-refractivity contribution in [3.05, 3.63) is 68.9 Å². The highest BCUT2D eigenvalue weighted by molar-refractivity contribution is 14.1. The zero-order chi connectivity index (χ0) is 18.9. The largest absolute Gasteiger partial charge is 0.497 e. The smallest absolute Gasteiger partial charge is 0.263 e. The van der Waals surface area contributed by atoms with E-state index in [4.69, 9.17) is 4.74 Å². The van der Waals surface area contributed by atoms with E-state index in [1.54, 1.807) is 7.11 Å². The Bertz CT molecular complexity index is 839. The van der Waals surface area contributed by atoms with Crippen molar-refractivity contribution in [3.63, 3.8) is 0 Å². The van der Waals surface area contributed by atoms with Crippen LogP contribution in [0.25, 0.3) is 0 Å². The molecule has 0 heterocycles. The number of halogens is 1. The number of nitrogens with one attached hydrogen (secondary N) is 2. The van der Waals surface area contributed by atoms with Crippen LogP contribution in [0.15, 0.2) is 54.2 Å². The summed E-state index contributed by atoms with van der Waals surface area (Å²) in [5.41, 5.74) is 3.04. The van der Waals surface area contributed by atoms with Crippen LogP contribution in [0, 0.1) is 21.8 Å². The number of rotatable bonds is 7. The summed E-state index contributed by atoms with van der Waals surface area (Å²) in [5.74, 6) is 0.404. The fraction of sp³-hybridized carbons (Fsp3) is 0.200. The Balaban J connectivity index is 1.90. The molecule has 0 unspecified atom stereocenters. The minimum absolute atomic E-state index is 0.0395. The molecule has 2 rings (SSSR count). The molecule has 0 aliphatic heterocycles. The van der Waals surface area contributed by atoms with E-state index in [1.165, 1.54) is 6.20 Å². The number of methoxy groups -OCH3 is 1. The minimum atomic E-state index is -0.392. The minimum Gasteiger partial charge on any atom is -0.497 e. The lowest BCUT2D eigenvalue weighted by Crippen LogP contribution is -2.27. The molecule has 2 aromatic rings. The van der Waals surface area contributed by atoms with Crippen molar-refractivity contribution in [2.75, 3.05) is 19.0 Å². The number of benzene rings is 2. The van der Waals surface area contributed by atoms with Crippen molar-refractivity contribution in [1.29, 1.82) is 5.26 Å². The maximum Gasteiger partial charge on any atom is 0.263 e. The first kappa shape index (κ1) is 19.8. The third kappa shape index (κ3) is 5.77. The molecule has 0 aliphatic carbocycles. The van der Waals surface area contributed by atoms with Gasteiger partial charge in [0.1, 0.15) is 17.4 Å². The van der Waals surface area contributed by atoms with Gasteiger partial charge in [-0.3, -0.25) is 4.79 Å². The van der Waals surface area contributed by atoms with Crippen molar-refractivity contribution >= 4 is 34.2 Å².